The molecule has 4 rings (SSSR count). The van der Waals surface area contributed by atoms with Gasteiger partial charge in [-0.25, -0.2) is 5.43 Å². The van der Waals surface area contributed by atoms with Crippen molar-refractivity contribution in [3.63, 3.8) is 0 Å². The summed E-state index contributed by atoms with van der Waals surface area (Å²) in [5.74, 6) is 1.06. The number of carbonyl (C=O) groups is 1. The Morgan fingerprint density at radius 1 is 1.00 bits per heavy atom. The predicted molar refractivity (Wildman–Crippen MR) is 144 cm³/mol. The van der Waals surface area contributed by atoms with Crippen LogP contribution in [0.2, 0.25) is 5.02 Å². The molecule has 0 aromatic heterocycles. The molecule has 0 radical (unpaired) electrons. The highest BCUT2D eigenvalue weighted by Gasteiger charge is 2.14. The smallest absolute Gasteiger partial charge is 0.275 e. The molecule has 0 aliphatic heterocycles. The van der Waals surface area contributed by atoms with Gasteiger partial charge in [-0.2, -0.15) is 5.10 Å². The number of halogens is 1. The number of fused-ring (bicyclic) bond motifs is 1. The maximum Gasteiger partial charge on any atom is 0.275 e. The lowest BCUT2D eigenvalue weighted by molar-refractivity contribution is 0.0952. The summed E-state index contributed by atoms with van der Waals surface area (Å²) in [5, 5.41) is 6.73. The fourth-order valence-electron chi connectivity index (χ4n) is 3.85. The van der Waals surface area contributed by atoms with Crippen LogP contribution in [0.3, 0.4) is 0 Å². The van der Waals surface area contributed by atoms with Crippen molar-refractivity contribution in [1.82, 2.24) is 5.43 Å². The lowest BCUT2D eigenvalue weighted by atomic mass is 10.1. The number of methoxy groups -OCH3 is 1. The van der Waals surface area contributed by atoms with Crippen LogP contribution in [0, 0.1) is 6.92 Å². The zero-order valence-corrected chi connectivity index (χ0v) is 21.1. The van der Waals surface area contributed by atoms with Crippen LogP contribution < -0.4 is 19.6 Å². The number of aryl methyl sites for hydroxylation is 1. The summed E-state index contributed by atoms with van der Waals surface area (Å²) in [6.45, 7) is 4.59. The topological polar surface area (TPSA) is 69.2 Å². The molecular weight excluding hydrogens is 476 g/mol. The first-order chi connectivity index (χ1) is 17.5. The highest BCUT2D eigenvalue weighted by Crippen LogP contribution is 2.37. The molecule has 0 aliphatic rings. The van der Waals surface area contributed by atoms with E-state index in [9.17, 15) is 4.79 Å². The van der Waals surface area contributed by atoms with Crippen LogP contribution in [0.1, 0.15) is 34.0 Å². The zero-order chi connectivity index (χ0) is 25.5. The molecule has 0 unspecified atom stereocenters. The Balaban J connectivity index is 1.51. The fraction of sp³-hybridized carbons (Fsp3) is 0.172. The molecule has 1 amide bonds. The molecule has 6 nitrogen and oxygen atoms in total. The first-order valence-electron chi connectivity index (χ1n) is 11.5. The van der Waals surface area contributed by atoms with Crippen LogP contribution in [0.4, 0.5) is 0 Å². The largest absolute Gasteiger partial charge is 0.496 e. The van der Waals surface area contributed by atoms with E-state index in [2.05, 4.69) is 28.7 Å². The molecule has 184 valence electrons. The number of nitrogens with one attached hydrogen (secondary N) is 1. The molecule has 4 aromatic carbocycles. The number of nitrogens with zero attached hydrogens (tertiary/aromatic N) is 1. The summed E-state index contributed by atoms with van der Waals surface area (Å²) in [6.07, 6.45) is 1.50. The minimum Gasteiger partial charge on any atom is -0.496 e. The van der Waals surface area contributed by atoms with Gasteiger partial charge in [0, 0.05) is 0 Å². The molecule has 7 heteroatoms. The molecule has 0 heterocycles. The van der Waals surface area contributed by atoms with Gasteiger partial charge in [0.2, 0.25) is 0 Å². The van der Waals surface area contributed by atoms with Gasteiger partial charge in [0.05, 0.1) is 30.5 Å². The summed E-state index contributed by atoms with van der Waals surface area (Å²) in [5.41, 5.74) is 5.61. The average Bonchev–Trinajstić information content (AvgIpc) is 2.88. The van der Waals surface area contributed by atoms with Gasteiger partial charge in [-0.05, 0) is 65.6 Å². The van der Waals surface area contributed by atoms with E-state index in [1.54, 1.807) is 24.3 Å². The highest BCUT2D eigenvalue weighted by atomic mass is 35.5. The van der Waals surface area contributed by atoms with E-state index in [1.807, 2.05) is 44.2 Å². The third-order valence-corrected chi connectivity index (χ3v) is 5.85. The fourth-order valence-corrected chi connectivity index (χ4v) is 4.12. The minimum atomic E-state index is -0.380. The standard InChI is InChI=1S/C29H27ClN2O4/c1-4-35-27-16-20(17-31-32-29(33)24-13-12-19(2)14-26(24)34-3)15-25(30)28(27)36-18-22-10-7-9-21-8-5-6-11-23(21)22/h5-17H,4,18H2,1-3H3,(H,32,33)/b31-17-. The molecule has 0 atom stereocenters. The first-order valence-corrected chi connectivity index (χ1v) is 11.9. The first kappa shape index (κ1) is 25.1. The van der Waals surface area contributed by atoms with Crippen LogP contribution in [-0.4, -0.2) is 25.8 Å². The van der Waals surface area contributed by atoms with Gasteiger partial charge in [-0.15, -0.1) is 0 Å². The Morgan fingerprint density at radius 2 is 1.81 bits per heavy atom. The maximum atomic E-state index is 12.6. The Bertz CT molecular complexity index is 1410. The highest BCUT2D eigenvalue weighted by molar-refractivity contribution is 6.32. The Hall–Kier alpha value is -4.03. The molecule has 4 aromatic rings. The van der Waals surface area contributed by atoms with Gasteiger partial charge in [-0.3, -0.25) is 4.79 Å². The van der Waals surface area contributed by atoms with Crippen molar-refractivity contribution in [3.8, 4) is 17.2 Å². The number of carbonyl (C=O) groups excluding carboxylic acids is 1. The normalized spacial score (nSPS) is 11.0. The Labute approximate surface area is 215 Å². The second-order valence-corrected chi connectivity index (χ2v) is 8.50. The molecule has 0 saturated carbocycles. The Morgan fingerprint density at radius 3 is 2.61 bits per heavy atom. The molecule has 0 fully saturated rings. The predicted octanol–water partition coefficient (Wildman–Crippen LogP) is 6.55. The summed E-state index contributed by atoms with van der Waals surface area (Å²) in [7, 11) is 1.52. The van der Waals surface area contributed by atoms with Crippen molar-refractivity contribution in [1.29, 1.82) is 0 Å². The number of hydrogen-bond acceptors (Lipinski definition) is 5. The van der Waals surface area contributed by atoms with Crippen molar-refractivity contribution in [3.05, 3.63) is 100 Å². The van der Waals surface area contributed by atoms with Gasteiger partial charge < -0.3 is 14.2 Å². The molecule has 36 heavy (non-hydrogen) atoms. The van der Waals surface area contributed by atoms with Gasteiger partial charge in [0.25, 0.3) is 5.91 Å². The van der Waals surface area contributed by atoms with Gasteiger partial charge in [-0.1, -0.05) is 60.1 Å². The van der Waals surface area contributed by atoms with Crippen molar-refractivity contribution in [2.75, 3.05) is 13.7 Å². The molecule has 0 bridgehead atoms. The summed E-state index contributed by atoms with van der Waals surface area (Å²) in [4.78, 5) is 12.6. The third kappa shape index (κ3) is 5.78. The molecule has 1 N–H and O–H groups in total. The van der Waals surface area contributed by atoms with Gasteiger partial charge >= 0.3 is 0 Å². The second-order valence-electron chi connectivity index (χ2n) is 8.09. The van der Waals surface area contributed by atoms with Crippen molar-refractivity contribution in [2.24, 2.45) is 5.10 Å². The van der Waals surface area contributed by atoms with Crippen LogP contribution in [0.15, 0.2) is 77.9 Å². The molecule has 0 saturated heterocycles. The van der Waals surface area contributed by atoms with E-state index >= 15 is 0 Å². The number of ether oxygens (including phenoxy) is 3. The average molecular weight is 503 g/mol. The van der Waals surface area contributed by atoms with E-state index in [0.29, 0.717) is 46.6 Å². The maximum absolute atomic E-state index is 12.6. The molecule has 0 aliphatic carbocycles. The van der Waals surface area contributed by atoms with E-state index in [4.69, 9.17) is 25.8 Å². The minimum absolute atomic E-state index is 0.336. The van der Waals surface area contributed by atoms with Crippen LogP contribution >= 0.6 is 11.6 Å². The second kappa shape index (κ2) is 11.6. The zero-order valence-electron chi connectivity index (χ0n) is 20.4. The van der Waals surface area contributed by atoms with Crippen molar-refractivity contribution in [2.45, 2.75) is 20.5 Å². The van der Waals surface area contributed by atoms with E-state index < -0.39 is 0 Å². The van der Waals surface area contributed by atoms with Crippen molar-refractivity contribution >= 4 is 34.5 Å². The van der Waals surface area contributed by atoms with E-state index in [0.717, 1.165) is 21.9 Å². The third-order valence-electron chi connectivity index (χ3n) is 5.57. The van der Waals surface area contributed by atoms with Crippen LogP contribution in [0.25, 0.3) is 10.8 Å². The molecule has 0 spiro atoms. The summed E-state index contributed by atoms with van der Waals surface area (Å²) in [6, 6.07) is 23.1. The number of rotatable bonds is 9. The number of amides is 1. The number of benzene rings is 4. The van der Waals surface area contributed by atoms with Gasteiger partial charge in [0.15, 0.2) is 11.5 Å². The lowest BCUT2D eigenvalue weighted by Crippen LogP contribution is -2.18. The lowest BCUT2D eigenvalue weighted by Gasteiger charge is -2.15. The molecular formula is C29H27ClN2O4. The summed E-state index contributed by atoms with van der Waals surface area (Å²) < 4.78 is 17.2. The van der Waals surface area contributed by atoms with E-state index in [1.165, 1.54) is 13.3 Å². The van der Waals surface area contributed by atoms with Crippen LogP contribution in [0.5, 0.6) is 17.2 Å². The summed E-state index contributed by atoms with van der Waals surface area (Å²) >= 11 is 6.58. The van der Waals surface area contributed by atoms with E-state index in [-0.39, 0.29) is 5.91 Å². The number of hydrogen-bond donors (Lipinski definition) is 1. The monoisotopic (exact) mass is 502 g/mol. The van der Waals surface area contributed by atoms with Crippen LogP contribution in [-0.2, 0) is 6.61 Å². The SMILES string of the molecule is CCOc1cc(/C=N\NC(=O)c2ccc(C)cc2OC)cc(Cl)c1OCc1cccc2ccccc12. The van der Waals surface area contributed by atoms with Crippen molar-refractivity contribution < 1.29 is 19.0 Å². The number of hydrazone groups is 1. The van der Waals surface area contributed by atoms with Gasteiger partial charge in [0.1, 0.15) is 12.4 Å². The Kier molecular flexibility index (Phi) is 8.08. The quantitative estimate of drug-likeness (QED) is 0.208.